The molecule has 0 unspecified atom stereocenters. The molecule has 0 heterocycles. The SMILES string of the molecule is CCN(CC)CCNCc1ccccc1OCc1ccc(Cl)c(Cl)c1. The summed E-state index contributed by atoms with van der Waals surface area (Å²) in [5.41, 5.74) is 2.15. The Balaban J connectivity index is 1.88. The van der Waals surface area contributed by atoms with Crippen LogP contribution in [0.4, 0.5) is 0 Å². The Labute approximate surface area is 160 Å². The molecule has 25 heavy (non-hydrogen) atoms. The van der Waals surface area contributed by atoms with Gasteiger partial charge < -0.3 is 15.0 Å². The van der Waals surface area contributed by atoms with Crippen LogP contribution in [-0.4, -0.2) is 31.1 Å². The monoisotopic (exact) mass is 380 g/mol. The fourth-order valence-corrected chi connectivity index (χ4v) is 2.90. The topological polar surface area (TPSA) is 24.5 Å². The number of ether oxygens (including phenoxy) is 1. The quantitative estimate of drug-likeness (QED) is 0.586. The first-order valence-electron chi connectivity index (χ1n) is 8.71. The van der Waals surface area contributed by atoms with Gasteiger partial charge in [-0.25, -0.2) is 0 Å². The molecular formula is C20H26Cl2N2O. The van der Waals surface area contributed by atoms with Gasteiger partial charge in [-0.2, -0.15) is 0 Å². The highest BCUT2D eigenvalue weighted by molar-refractivity contribution is 6.42. The molecule has 0 radical (unpaired) electrons. The van der Waals surface area contributed by atoms with Crippen molar-refractivity contribution in [2.75, 3.05) is 26.2 Å². The molecule has 0 spiro atoms. The minimum absolute atomic E-state index is 0.466. The minimum Gasteiger partial charge on any atom is -0.489 e. The molecule has 0 aliphatic rings. The average Bonchev–Trinajstić information content (AvgIpc) is 2.63. The molecule has 3 nitrogen and oxygen atoms in total. The smallest absolute Gasteiger partial charge is 0.124 e. The molecule has 0 saturated heterocycles. The third-order valence-corrected chi connectivity index (χ3v) is 4.90. The Hall–Kier alpha value is -1.26. The summed E-state index contributed by atoms with van der Waals surface area (Å²) in [7, 11) is 0. The zero-order valence-electron chi connectivity index (χ0n) is 14.9. The van der Waals surface area contributed by atoms with Crippen molar-refractivity contribution in [2.45, 2.75) is 27.0 Å². The summed E-state index contributed by atoms with van der Waals surface area (Å²) in [6.07, 6.45) is 0. The first-order valence-corrected chi connectivity index (χ1v) is 9.47. The molecule has 2 aromatic rings. The summed E-state index contributed by atoms with van der Waals surface area (Å²) < 4.78 is 5.99. The van der Waals surface area contributed by atoms with E-state index in [1.165, 1.54) is 0 Å². The van der Waals surface area contributed by atoms with E-state index in [1.54, 1.807) is 6.07 Å². The maximum Gasteiger partial charge on any atom is 0.124 e. The van der Waals surface area contributed by atoms with E-state index in [1.807, 2.05) is 30.3 Å². The second-order valence-electron chi connectivity index (χ2n) is 5.85. The standard InChI is InChI=1S/C20H26Cl2N2O/c1-3-24(4-2)12-11-23-14-17-7-5-6-8-20(17)25-15-16-9-10-18(21)19(22)13-16/h5-10,13,23H,3-4,11-12,14-15H2,1-2H3. The van der Waals surface area contributed by atoms with Gasteiger partial charge in [0.05, 0.1) is 10.0 Å². The third-order valence-electron chi connectivity index (χ3n) is 4.17. The molecule has 1 N–H and O–H groups in total. The number of para-hydroxylation sites is 1. The van der Waals surface area contributed by atoms with Gasteiger partial charge in [-0.15, -0.1) is 0 Å². The van der Waals surface area contributed by atoms with Crippen molar-refractivity contribution in [3.63, 3.8) is 0 Å². The van der Waals surface area contributed by atoms with Gasteiger partial charge in [-0.3, -0.25) is 0 Å². The maximum absolute atomic E-state index is 6.06. The Kier molecular flexibility index (Phi) is 8.56. The van der Waals surface area contributed by atoms with Gasteiger partial charge >= 0.3 is 0 Å². The molecule has 0 aromatic heterocycles. The molecule has 5 heteroatoms. The van der Waals surface area contributed by atoms with Gasteiger partial charge in [0.2, 0.25) is 0 Å². The van der Waals surface area contributed by atoms with E-state index in [4.69, 9.17) is 27.9 Å². The lowest BCUT2D eigenvalue weighted by atomic mass is 10.2. The van der Waals surface area contributed by atoms with E-state index in [0.717, 1.165) is 49.6 Å². The van der Waals surface area contributed by atoms with E-state index in [2.05, 4.69) is 30.1 Å². The normalized spacial score (nSPS) is 11.1. The van der Waals surface area contributed by atoms with Gasteiger partial charge in [0.15, 0.2) is 0 Å². The predicted octanol–water partition coefficient (Wildman–Crippen LogP) is 5.00. The van der Waals surface area contributed by atoms with Gasteiger partial charge in [-0.05, 0) is 36.9 Å². The lowest BCUT2D eigenvalue weighted by Crippen LogP contribution is -2.31. The Morgan fingerprint density at radius 2 is 1.76 bits per heavy atom. The van der Waals surface area contributed by atoms with Crippen LogP contribution in [0.2, 0.25) is 10.0 Å². The highest BCUT2D eigenvalue weighted by atomic mass is 35.5. The highest BCUT2D eigenvalue weighted by Gasteiger charge is 2.05. The van der Waals surface area contributed by atoms with E-state index in [-0.39, 0.29) is 0 Å². The van der Waals surface area contributed by atoms with Crippen molar-refractivity contribution in [1.29, 1.82) is 0 Å². The molecule has 2 rings (SSSR count). The van der Waals surface area contributed by atoms with E-state index in [9.17, 15) is 0 Å². The van der Waals surface area contributed by atoms with Gasteiger partial charge in [0.1, 0.15) is 12.4 Å². The Bertz CT molecular complexity index is 660. The number of nitrogens with zero attached hydrogens (tertiary/aromatic N) is 1. The lowest BCUT2D eigenvalue weighted by molar-refractivity contribution is 0.296. The van der Waals surface area contributed by atoms with Crippen LogP contribution in [0.25, 0.3) is 0 Å². The molecule has 0 atom stereocenters. The third kappa shape index (κ3) is 6.52. The molecule has 0 aliphatic carbocycles. The van der Waals surface area contributed by atoms with Crippen molar-refractivity contribution in [3.8, 4) is 5.75 Å². The number of rotatable bonds is 10. The van der Waals surface area contributed by atoms with Crippen LogP contribution in [0, 0.1) is 0 Å². The molecule has 0 amide bonds. The second kappa shape index (κ2) is 10.7. The second-order valence-corrected chi connectivity index (χ2v) is 6.66. The van der Waals surface area contributed by atoms with Gasteiger partial charge in [0, 0.05) is 25.2 Å². The molecule has 136 valence electrons. The summed E-state index contributed by atoms with van der Waals surface area (Å²) in [5.74, 6) is 0.893. The van der Waals surface area contributed by atoms with Gasteiger partial charge in [-0.1, -0.05) is 61.3 Å². The zero-order chi connectivity index (χ0) is 18.1. The highest BCUT2D eigenvalue weighted by Crippen LogP contribution is 2.24. The van der Waals surface area contributed by atoms with Crippen molar-refractivity contribution >= 4 is 23.2 Å². The summed E-state index contributed by atoms with van der Waals surface area (Å²) >= 11 is 12.0. The number of hydrogen-bond acceptors (Lipinski definition) is 3. The van der Waals surface area contributed by atoms with E-state index >= 15 is 0 Å². The van der Waals surface area contributed by atoms with Crippen LogP contribution >= 0.6 is 23.2 Å². The van der Waals surface area contributed by atoms with Crippen LogP contribution in [0.3, 0.4) is 0 Å². The summed E-state index contributed by atoms with van der Waals surface area (Å²) in [6, 6.07) is 13.7. The van der Waals surface area contributed by atoms with Crippen LogP contribution in [0.5, 0.6) is 5.75 Å². The van der Waals surface area contributed by atoms with Gasteiger partial charge in [0.25, 0.3) is 0 Å². The minimum atomic E-state index is 0.466. The zero-order valence-corrected chi connectivity index (χ0v) is 16.4. The van der Waals surface area contributed by atoms with Crippen LogP contribution < -0.4 is 10.1 Å². The fourth-order valence-electron chi connectivity index (χ4n) is 2.58. The summed E-state index contributed by atoms with van der Waals surface area (Å²) in [6.45, 7) is 9.82. The maximum atomic E-state index is 6.06. The van der Waals surface area contributed by atoms with Crippen molar-refractivity contribution in [2.24, 2.45) is 0 Å². The lowest BCUT2D eigenvalue weighted by Gasteiger charge is -2.18. The summed E-state index contributed by atoms with van der Waals surface area (Å²) in [4.78, 5) is 2.40. The molecule has 2 aromatic carbocycles. The Morgan fingerprint density at radius 1 is 1.00 bits per heavy atom. The van der Waals surface area contributed by atoms with Crippen LogP contribution in [0.15, 0.2) is 42.5 Å². The number of halogens is 2. The van der Waals surface area contributed by atoms with Crippen molar-refractivity contribution < 1.29 is 4.74 Å². The predicted molar refractivity (Wildman–Crippen MR) is 107 cm³/mol. The first kappa shape index (κ1) is 20.1. The van der Waals surface area contributed by atoms with Crippen molar-refractivity contribution in [1.82, 2.24) is 10.2 Å². The van der Waals surface area contributed by atoms with Crippen LogP contribution in [-0.2, 0) is 13.2 Å². The summed E-state index contributed by atoms with van der Waals surface area (Å²) in [5, 5.41) is 4.60. The molecule has 0 fully saturated rings. The van der Waals surface area contributed by atoms with Crippen molar-refractivity contribution in [3.05, 3.63) is 63.6 Å². The number of benzene rings is 2. The number of hydrogen-bond donors (Lipinski definition) is 1. The molecular weight excluding hydrogens is 355 g/mol. The molecule has 0 aliphatic heterocycles. The number of likely N-dealkylation sites (N-methyl/N-ethyl adjacent to an activating group) is 1. The van der Waals surface area contributed by atoms with E-state index in [0.29, 0.717) is 16.7 Å². The molecule has 0 saturated carbocycles. The largest absolute Gasteiger partial charge is 0.489 e. The number of nitrogens with one attached hydrogen (secondary N) is 1. The van der Waals surface area contributed by atoms with E-state index < -0.39 is 0 Å². The van der Waals surface area contributed by atoms with Crippen LogP contribution in [0.1, 0.15) is 25.0 Å². The fraction of sp³-hybridized carbons (Fsp3) is 0.400. The Morgan fingerprint density at radius 3 is 2.48 bits per heavy atom. The molecule has 0 bridgehead atoms. The first-order chi connectivity index (χ1) is 12.1. The average molecular weight is 381 g/mol.